The van der Waals surface area contributed by atoms with E-state index in [0.29, 0.717) is 24.6 Å². The number of amides is 1. The predicted molar refractivity (Wildman–Crippen MR) is 105 cm³/mol. The number of hydrogen-bond acceptors (Lipinski definition) is 4. The van der Waals surface area contributed by atoms with Gasteiger partial charge in [-0.05, 0) is 69.5 Å². The summed E-state index contributed by atoms with van der Waals surface area (Å²) in [5.74, 6) is -0.0831. The highest BCUT2D eigenvalue weighted by molar-refractivity contribution is 5.77. The molecule has 3 heterocycles. The predicted octanol–water partition coefficient (Wildman–Crippen LogP) is 3.89. The second-order valence-corrected chi connectivity index (χ2v) is 7.90. The third-order valence-electron chi connectivity index (χ3n) is 6.09. The molecule has 1 aromatic carbocycles. The zero-order valence-corrected chi connectivity index (χ0v) is 16.3. The van der Waals surface area contributed by atoms with Crippen molar-refractivity contribution in [3.05, 3.63) is 41.9 Å². The van der Waals surface area contributed by atoms with Crippen LogP contribution in [-0.2, 0) is 11.2 Å². The fraction of sp³-hybridized carbons (Fsp3) is 0.545. The lowest BCUT2D eigenvalue weighted by atomic mass is 9.99. The number of carbonyl (C=O) groups is 1. The SMILES string of the molecule is O=C(CCc1conc1-c1ccc(F)cc1)N1CCC(N2CCCCC2)CC1. The molecule has 2 fully saturated rings. The second-order valence-electron chi connectivity index (χ2n) is 7.90. The largest absolute Gasteiger partial charge is 0.364 e. The van der Waals surface area contributed by atoms with E-state index >= 15 is 0 Å². The molecule has 0 bridgehead atoms. The van der Waals surface area contributed by atoms with Crippen LogP contribution in [0.4, 0.5) is 4.39 Å². The zero-order valence-electron chi connectivity index (χ0n) is 16.3. The van der Waals surface area contributed by atoms with Crippen LogP contribution >= 0.6 is 0 Å². The first-order chi connectivity index (χ1) is 13.7. The molecule has 28 heavy (non-hydrogen) atoms. The number of likely N-dealkylation sites (tertiary alicyclic amines) is 2. The molecule has 0 unspecified atom stereocenters. The second kappa shape index (κ2) is 8.86. The average molecular weight is 385 g/mol. The van der Waals surface area contributed by atoms with Crippen LogP contribution in [0.25, 0.3) is 11.3 Å². The Labute approximate surface area is 165 Å². The van der Waals surface area contributed by atoms with Gasteiger partial charge in [0.05, 0.1) is 0 Å². The molecule has 0 spiro atoms. The molecule has 0 N–H and O–H groups in total. The number of aromatic nitrogens is 1. The van der Waals surface area contributed by atoms with Crippen molar-refractivity contribution in [3.63, 3.8) is 0 Å². The van der Waals surface area contributed by atoms with E-state index in [1.54, 1.807) is 18.4 Å². The summed E-state index contributed by atoms with van der Waals surface area (Å²) >= 11 is 0. The normalized spacial score (nSPS) is 19.1. The maximum absolute atomic E-state index is 13.1. The maximum Gasteiger partial charge on any atom is 0.222 e. The Morgan fingerprint density at radius 1 is 1.07 bits per heavy atom. The van der Waals surface area contributed by atoms with Crippen molar-refractivity contribution in [2.75, 3.05) is 26.2 Å². The van der Waals surface area contributed by atoms with Gasteiger partial charge in [-0.2, -0.15) is 0 Å². The van der Waals surface area contributed by atoms with Crippen LogP contribution in [0.5, 0.6) is 0 Å². The molecule has 4 rings (SSSR count). The molecular weight excluding hydrogens is 357 g/mol. The minimum absolute atomic E-state index is 0.198. The number of hydrogen-bond donors (Lipinski definition) is 0. The summed E-state index contributed by atoms with van der Waals surface area (Å²) in [6, 6.07) is 6.83. The van der Waals surface area contributed by atoms with Gasteiger partial charge in [0, 0.05) is 36.7 Å². The minimum Gasteiger partial charge on any atom is -0.364 e. The summed E-state index contributed by atoms with van der Waals surface area (Å²) < 4.78 is 18.3. The van der Waals surface area contributed by atoms with Gasteiger partial charge in [-0.15, -0.1) is 0 Å². The van der Waals surface area contributed by atoms with Crippen LogP contribution in [0.15, 0.2) is 35.1 Å². The Balaban J connectivity index is 1.28. The molecule has 0 saturated carbocycles. The van der Waals surface area contributed by atoms with Gasteiger partial charge in [0.2, 0.25) is 5.91 Å². The van der Waals surface area contributed by atoms with Crippen LogP contribution < -0.4 is 0 Å². The Bertz CT molecular complexity index is 775. The topological polar surface area (TPSA) is 49.6 Å². The number of aryl methyl sites for hydroxylation is 1. The van der Waals surface area contributed by atoms with Gasteiger partial charge < -0.3 is 14.3 Å². The van der Waals surface area contributed by atoms with Crippen molar-refractivity contribution in [1.82, 2.24) is 15.0 Å². The minimum atomic E-state index is -0.281. The van der Waals surface area contributed by atoms with E-state index in [1.165, 1.54) is 44.5 Å². The summed E-state index contributed by atoms with van der Waals surface area (Å²) in [5.41, 5.74) is 2.39. The zero-order chi connectivity index (χ0) is 19.3. The van der Waals surface area contributed by atoms with Gasteiger partial charge in [-0.1, -0.05) is 11.6 Å². The Hall–Kier alpha value is -2.21. The van der Waals surface area contributed by atoms with Crippen molar-refractivity contribution in [2.45, 2.75) is 51.0 Å². The molecule has 0 radical (unpaired) electrons. The molecule has 6 heteroatoms. The molecule has 1 aromatic heterocycles. The van der Waals surface area contributed by atoms with Crippen LogP contribution in [0.3, 0.4) is 0 Å². The molecule has 0 aliphatic carbocycles. The summed E-state index contributed by atoms with van der Waals surface area (Å²) in [5, 5.41) is 4.04. The van der Waals surface area contributed by atoms with E-state index in [4.69, 9.17) is 4.52 Å². The molecule has 150 valence electrons. The molecule has 2 aromatic rings. The van der Waals surface area contributed by atoms with Gasteiger partial charge in [0.15, 0.2) is 0 Å². The Morgan fingerprint density at radius 3 is 2.50 bits per heavy atom. The first-order valence-electron chi connectivity index (χ1n) is 10.4. The highest BCUT2D eigenvalue weighted by Crippen LogP contribution is 2.25. The van der Waals surface area contributed by atoms with Gasteiger partial charge >= 0.3 is 0 Å². The lowest BCUT2D eigenvalue weighted by Gasteiger charge is -2.40. The number of halogens is 1. The summed E-state index contributed by atoms with van der Waals surface area (Å²) in [4.78, 5) is 17.3. The van der Waals surface area contributed by atoms with Crippen molar-refractivity contribution in [3.8, 4) is 11.3 Å². The number of nitrogens with zero attached hydrogens (tertiary/aromatic N) is 3. The van der Waals surface area contributed by atoms with Gasteiger partial charge in [-0.25, -0.2) is 4.39 Å². The molecular formula is C22H28FN3O2. The first-order valence-corrected chi connectivity index (χ1v) is 10.4. The third-order valence-corrected chi connectivity index (χ3v) is 6.09. The van der Waals surface area contributed by atoms with Gasteiger partial charge in [-0.3, -0.25) is 4.79 Å². The van der Waals surface area contributed by atoms with Gasteiger partial charge in [0.1, 0.15) is 17.8 Å². The third kappa shape index (κ3) is 4.43. The molecule has 5 nitrogen and oxygen atoms in total. The van der Waals surface area contributed by atoms with Crippen molar-refractivity contribution in [1.29, 1.82) is 0 Å². The Kier molecular flexibility index (Phi) is 6.05. The molecule has 1 amide bonds. The quantitative estimate of drug-likeness (QED) is 0.784. The lowest BCUT2D eigenvalue weighted by molar-refractivity contribution is -0.132. The van der Waals surface area contributed by atoms with E-state index in [2.05, 4.69) is 10.1 Å². The number of rotatable bonds is 5. The van der Waals surface area contributed by atoms with Crippen molar-refractivity contribution >= 4 is 5.91 Å². The van der Waals surface area contributed by atoms with Crippen LogP contribution in [-0.4, -0.2) is 53.1 Å². The van der Waals surface area contributed by atoms with E-state index in [9.17, 15) is 9.18 Å². The smallest absolute Gasteiger partial charge is 0.222 e. The fourth-order valence-electron chi connectivity index (χ4n) is 4.44. The molecule has 2 saturated heterocycles. The highest BCUT2D eigenvalue weighted by Gasteiger charge is 2.27. The van der Waals surface area contributed by atoms with Crippen molar-refractivity contribution < 1.29 is 13.7 Å². The number of carbonyl (C=O) groups excluding carboxylic acids is 1. The molecule has 0 atom stereocenters. The van der Waals surface area contributed by atoms with Gasteiger partial charge in [0.25, 0.3) is 0 Å². The van der Waals surface area contributed by atoms with E-state index < -0.39 is 0 Å². The lowest BCUT2D eigenvalue weighted by Crippen LogP contribution is -2.48. The fourth-order valence-corrected chi connectivity index (χ4v) is 4.44. The summed E-state index contributed by atoms with van der Waals surface area (Å²) in [6.07, 6.45) is 8.78. The Morgan fingerprint density at radius 2 is 1.79 bits per heavy atom. The summed E-state index contributed by atoms with van der Waals surface area (Å²) in [7, 11) is 0. The maximum atomic E-state index is 13.1. The molecule has 2 aliphatic heterocycles. The average Bonchev–Trinajstić information content (AvgIpc) is 3.22. The number of piperidine rings is 2. The van der Waals surface area contributed by atoms with Crippen LogP contribution in [0, 0.1) is 5.82 Å². The van der Waals surface area contributed by atoms with E-state index in [1.807, 2.05) is 4.90 Å². The van der Waals surface area contributed by atoms with Crippen molar-refractivity contribution in [2.24, 2.45) is 0 Å². The molecule has 2 aliphatic rings. The highest BCUT2D eigenvalue weighted by atomic mass is 19.1. The standard InChI is InChI=1S/C22H28FN3O2/c23-19-7-4-17(5-8-19)22-18(16-28-24-22)6-9-21(27)26-14-10-20(11-15-26)25-12-2-1-3-13-25/h4-5,7-8,16,20H,1-3,6,9-15H2. The number of benzene rings is 1. The first kappa shape index (κ1) is 19.1. The van der Waals surface area contributed by atoms with Crippen LogP contribution in [0.1, 0.15) is 44.1 Å². The van der Waals surface area contributed by atoms with E-state index in [0.717, 1.165) is 37.1 Å². The van der Waals surface area contributed by atoms with E-state index in [-0.39, 0.29) is 11.7 Å². The van der Waals surface area contributed by atoms with Crippen LogP contribution in [0.2, 0.25) is 0 Å². The summed E-state index contributed by atoms with van der Waals surface area (Å²) in [6.45, 7) is 4.15. The monoisotopic (exact) mass is 385 g/mol.